The Bertz CT molecular complexity index is 596. The van der Waals surface area contributed by atoms with Gasteiger partial charge < -0.3 is 10.8 Å². The maximum absolute atomic E-state index is 10.8. The van der Waals surface area contributed by atoms with Crippen LogP contribution in [-0.4, -0.2) is 17.1 Å². The minimum Gasteiger partial charge on any atom is -0.383 e. The smallest absolute Gasteiger partial charge is 0.246 e. The molecule has 0 aromatic heterocycles. The Kier molecular flexibility index (Phi) is 4.77. The van der Waals surface area contributed by atoms with Gasteiger partial charge in [-0.3, -0.25) is 4.79 Å². The van der Waals surface area contributed by atoms with Gasteiger partial charge in [0.25, 0.3) is 0 Å². The summed E-state index contributed by atoms with van der Waals surface area (Å²) in [5, 5.41) is 10.1. The first-order valence-corrected chi connectivity index (χ1v) is 6.77. The second-order valence-corrected chi connectivity index (χ2v) is 5.04. The Balaban J connectivity index is 2.07. The zero-order chi connectivity index (χ0) is 14.5. The molecule has 2 aromatic rings. The number of hydrogen-bond donors (Lipinski definition) is 2. The average molecular weight is 290 g/mol. The zero-order valence-electron chi connectivity index (χ0n) is 10.9. The molecule has 1 amide bonds. The summed E-state index contributed by atoms with van der Waals surface area (Å²) in [7, 11) is 0. The number of aliphatic hydroxyl groups excluding tert-OH is 1. The molecular formula is C16H16ClNO2. The molecule has 0 spiro atoms. The van der Waals surface area contributed by atoms with Gasteiger partial charge in [-0.05, 0) is 30.0 Å². The second-order valence-electron chi connectivity index (χ2n) is 4.63. The first-order chi connectivity index (χ1) is 9.58. The van der Waals surface area contributed by atoms with Crippen molar-refractivity contribution in [3.05, 3.63) is 59.1 Å². The van der Waals surface area contributed by atoms with E-state index < -0.39 is 12.0 Å². The predicted molar refractivity (Wildman–Crippen MR) is 80.4 cm³/mol. The molecule has 1 atom stereocenters. The van der Waals surface area contributed by atoms with E-state index in [0.717, 1.165) is 16.7 Å². The van der Waals surface area contributed by atoms with Crippen molar-refractivity contribution in [2.45, 2.75) is 18.9 Å². The minimum atomic E-state index is -1.08. The summed E-state index contributed by atoms with van der Waals surface area (Å²) in [6.45, 7) is 0. The quantitative estimate of drug-likeness (QED) is 0.889. The Labute approximate surface area is 123 Å². The standard InChI is InChI=1S/C16H16ClNO2/c17-14-4-2-1-3-13(14)12-8-5-11(6-9-12)7-10-15(19)16(18)20/h1-6,8-9,15,19H,7,10H2,(H2,18,20). The molecule has 2 aromatic carbocycles. The molecule has 0 aliphatic carbocycles. The van der Waals surface area contributed by atoms with Crippen LogP contribution in [0.1, 0.15) is 12.0 Å². The Morgan fingerprint density at radius 1 is 1.15 bits per heavy atom. The lowest BCUT2D eigenvalue weighted by Gasteiger charge is -2.08. The third-order valence-electron chi connectivity index (χ3n) is 3.17. The summed E-state index contributed by atoms with van der Waals surface area (Å²) < 4.78 is 0. The van der Waals surface area contributed by atoms with Gasteiger partial charge in [0, 0.05) is 10.6 Å². The van der Waals surface area contributed by atoms with E-state index >= 15 is 0 Å². The Morgan fingerprint density at radius 3 is 2.40 bits per heavy atom. The molecule has 0 bridgehead atoms. The second kappa shape index (κ2) is 6.55. The number of carbonyl (C=O) groups is 1. The lowest BCUT2D eigenvalue weighted by atomic mass is 10.0. The fourth-order valence-electron chi connectivity index (χ4n) is 1.99. The fourth-order valence-corrected chi connectivity index (χ4v) is 2.24. The van der Waals surface area contributed by atoms with E-state index in [0.29, 0.717) is 17.9 Å². The number of rotatable bonds is 5. The first kappa shape index (κ1) is 14.6. The molecule has 0 fully saturated rings. The van der Waals surface area contributed by atoms with Crippen molar-refractivity contribution < 1.29 is 9.90 Å². The molecule has 0 saturated carbocycles. The topological polar surface area (TPSA) is 63.3 Å². The van der Waals surface area contributed by atoms with Crippen LogP contribution < -0.4 is 5.73 Å². The van der Waals surface area contributed by atoms with Gasteiger partial charge in [0.1, 0.15) is 6.10 Å². The van der Waals surface area contributed by atoms with Crippen LogP contribution in [0.3, 0.4) is 0 Å². The van der Waals surface area contributed by atoms with Crippen LogP contribution in [0.25, 0.3) is 11.1 Å². The van der Waals surface area contributed by atoms with E-state index in [1.54, 1.807) is 0 Å². The van der Waals surface area contributed by atoms with Crippen molar-refractivity contribution in [3.63, 3.8) is 0 Å². The summed E-state index contributed by atoms with van der Waals surface area (Å²) in [6, 6.07) is 15.5. The van der Waals surface area contributed by atoms with E-state index in [1.165, 1.54) is 0 Å². The van der Waals surface area contributed by atoms with Crippen LogP contribution in [0, 0.1) is 0 Å². The van der Waals surface area contributed by atoms with Gasteiger partial charge in [0.05, 0.1) is 0 Å². The number of nitrogens with two attached hydrogens (primary N) is 1. The van der Waals surface area contributed by atoms with Crippen molar-refractivity contribution in [2.75, 3.05) is 0 Å². The zero-order valence-corrected chi connectivity index (χ0v) is 11.7. The fraction of sp³-hybridized carbons (Fsp3) is 0.188. The van der Waals surface area contributed by atoms with Crippen molar-refractivity contribution in [1.82, 2.24) is 0 Å². The predicted octanol–water partition coefficient (Wildman–Crippen LogP) is 2.79. The number of amides is 1. The molecule has 2 rings (SSSR count). The van der Waals surface area contributed by atoms with E-state index in [4.69, 9.17) is 17.3 Å². The SMILES string of the molecule is NC(=O)C(O)CCc1ccc(-c2ccccc2Cl)cc1. The van der Waals surface area contributed by atoms with Gasteiger partial charge >= 0.3 is 0 Å². The molecule has 0 heterocycles. The summed E-state index contributed by atoms with van der Waals surface area (Å²) in [5.74, 6) is -0.683. The first-order valence-electron chi connectivity index (χ1n) is 6.39. The van der Waals surface area contributed by atoms with Crippen LogP contribution in [0.15, 0.2) is 48.5 Å². The van der Waals surface area contributed by atoms with Gasteiger partial charge in [0.15, 0.2) is 0 Å². The highest BCUT2D eigenvalue weighted by molar-refractivity contribution is 6.33. The Hall–Kier alpha value is -1.84. The van der Waals surface area contributed by atoms with Crippen LogP contribution in [0.2, 0.25) is 5.02 Å². The van der Waals surface area contributed by atoms with Crippen LogP contribution in [0.4, 0.5) is 0 Å². The highest BCUT2D eigenvalue weighted by Gasteiger charge is 2.10. The molecule has 104 valence electrons. The van der Waals surface area contributed by atoms with Crippen molar-refractivity contribution in [2.24, 2.45) is 5.73 Å². The average Bonchev–Trinajstić information content (AvgIpc) is 2.46. The molecule has 3 N–H and O–H groups in total. The molecule has 0 radical (unpaired) electrons. The highest BCUT2D eigenvalue weighted by Crippen LogP contribution is 2.27. The van der Waals surface area contributed by atoms with E-state index in [9.17, 15) is 9.90 Å². The van der Waals surface area contributed by atoms with Crippen LogP contribution >= 0.6 is 11.6 Å². The number of aryl methyl sites for hydroxylation is 1. The number of halogens is 1. The van der Waals surface area contributed by atoms with Crippen molar-refractivity contribution in [3.8, 4) is 11.1 Å². The lowest BCUT2D eigenvalue weighted by Crippen LogP contribution is -2.28. The third-order valence-corrected chi connectivity index (χ3v) is 3.50. The minimum absolute atomic E-state index is 0.334. The van der Waals surface area contributed by atoms with Crippen molar-refractivity contribution >= 4 is 17.5 Å². The monoisotopic (exact) mass is 289 g/mol. The molecule has 0 aliphatic heterocycles. The van der Waals surface area contributed by atoms with Gasteiger partial charge in [-0.25, -0.2) is 0 Å². The number of aliphatic hydroxyl groups is 1. The number of hydrogen-bond acceptors (Lipinski definition) is 2. The maximum atomic E-state index is 10.8. The normalized spacial score (nSPS) is 12.1. The maximum Gasteiger partial charge on any atom is 0.246 e. The summed E-state index contributed by atoms with van der Waals surface area (Å²) >= 11 is 6.15. The highest BCUT2D eigenvalue weighted by atomic mass is 35.5. The third kappa shape index (κ3) is 3.59. The van der Waals surface area contributed by atoms with Gasteiger partial charge in [0.2, 0.25) is 5.91 Å². The summed E-state index contributed by atoms with van der Waals surface area (Å²) in [5.41, 5.74) is 8.08. The molecule has 0 saturated heterocycles. The molecule has 3 nitrogen and oxygen atoms in total. The van der Waals surface area contributed by atoms with E-state index in [2.05, 4.69) is 0 Å². The Morgan fingerprint density at radius 2 is 1.80 bits per heavy atom. The van der Waals surface area contributed by atoms with Crippen molar-refractivity contribution in [1.29, 1.82) is 0 Å². The number of primary amides is 1. The van der Waals surface area contributed by atoms with Crippen LogP contribution in [0.5, 0.6) is 0 Å². The largest absolute Gasteiger partial charge is 0.383 e. The van der Waals surface area contributed by atoms with Gasteiger partial charge in [-0.15, -0.1) is 0 Å². The molecule has 20 heavy (non-hydrogen) atoms. The van der Waals surface area contributed by atoms with E-state index in [-0.39, 0.29) is 0 Å². The van der Waals surface area contributed by atoms with Gasteiger partial charge in [-0.1, -0.05) is 54.1 Å². The summed E-state index contributed by atoms with van der Waals surface area (Å²) in [4.78, 5) is 10.8. The summed E-state index contributed by atoms with van der Waals surface area (Å²) in [6.07, 6.45) is -0.147. The van der Waals surface area contributed by atoms with E-state index in [1.807, 2.05) is 48.5 Å². The van der Waals surface area contributed by atoms with Gasteiger partial charge in [-0.2, -0.15) is 0 Å². The lowest BCUT2D eigenvalue weighted by molar-refractivity contribution is -0.126. The number of benzene rings is 2. The van der Waals surface area contributed by atoms with Crippen LogP contribution in [-0.2, 0) is 11.2 Å². The number of carbonyl (C=O) groups excluding carboxylic acids is 1. The molecule has 4 heteroatoms. The molecule has 1 unspecified atom stereocenters. The molecule has 0 aliphatic rings. The molecular weight excluding hydrogens is 274 g/mol.